The van der Waals surface area contributed by atoms with Gasteiger partial charge in [-0.1, -0.05) is 12.1 Å². The molecule has 0 amide bonds. The third-order valence-electron chi connectivity index (χ3n) is 4.53. The second-order valence-electron chi connectivity index (χ2n) is 6.14. The molecule has 1 aromatic carbocycles. The standard InChI is InChI=1S/C16H25N3/c1-18-9-3-4-15(12-18)19(2)11-13-5-6-16-14(10-13)7-8-17-16/h5-6,10,15,17H,3-4,7-9,11-12H2,1-2H3. The summed E-state index contributed by atoms with van der Waals surface area (Å²) in [6.07, 6.45) is 3.85. The third kappa shape index (κ3) is 2.93. The van der Waals surface area contributed by atoms with Crippen LogP contribution in [0.2, 0.25) is 0 Å². The number of benzene rings is 1. The molecule has 1 atom stereocenters. The van der Waals surface area contributed by atoms with Gasteiger partial charge in [-0.05, 0) is 57.1 Å². The minimum Gasteiger partial charge on any atom is -0.384 e. The van der Waals surface area contributed by atoms with E-state index in [9.17, 15) is 0 Å². The first-order chi connectivity index (χ1) is 9.22. The van der Waals surface area contributed by atoms with Gasteiger partial charge in [0, 0.05) is 31.4 Å². The lowest BCUT2D eigenvalue weighted by Crippen LogP contribution is -2.44. The highest BCUT2D eigenvalue weighted by atomic mass is 15.2. The van der Waals surface area contributed by atoms with Crippen molar-refractivity contribution in [3.8, 4) is 0 Å². The maximum atomic E-state index is 3.43. The highest BCUT2D eigenvalue weighted by molar-refractivity contribution is 5.56. The fourth-order valence-electron chi connectivity index (χ4n) is 3.37. The maximum Gasteiger partial charge on any atom is 0.0373 e. The van der Waals surface area contributed by atoms with Gasteiger partial charge in [0.2, 0.25) is 0 Å². The largest absolute Gasteiger partial charge is 0.384 e. The van der Waals surface area contributed by atoms with Gasteiger partial charge in [-0.2, -0.15) is 0 Å². The first-order valence-electron chi connectivity index (χ1n) is 7.47. The molecule has 104 valence electrons. The van der Waals surface area contributed by atoms with Gasteiger partial charge in [-0.3, -0.25) is 4.90 Å². The minimum atomic E-state index is 0.713. The number of fused-ring (bicyclic) bond motifs is 1. The van der Waals surface area contributed by atoms with Gasteiger partial charge in [0.25, 0.3) is 0 Å². The van der Waals surface area contributed by atoms with Gasteiger partial charge in [0.1, 0.15) is 0 Å². The molecule has 1 unspecified atom stereocenters. The number of likely N-dealkylation sites (tertiary alicyclic amines) is 1. The summed E-state index contributed by atoms with van der Waals surface area (Å²) in [6.45, 7) is 4.64. The van der Waals surface area contributed by atoms with E-state index < -0.39 is 0 Å². The lowest BCUT2D eigenvalue weighted by Gasteiger charge is -2.36. The van der Waals surface area contributed by atoms with Crippen molar-refractivity contribution >= 4 is 5.69 Å². The Labute approximate surface area is 116 Å². The van der Waals surface area contributed by atoms with Crippen LogP contribution < -0.4 is 5.32 Å². The number of hydrogen-bond donors (Lipinski definition) is 1. The number of hydrogen-bond acceptors (Lipinski definition) is 3. The first kappa shape index (κ1) is 12.9. The van der Waals surface area contributed by atoms with Crippen LogP contribution in [-0.4, -0.2) is 49.6 Å². The Balaban J connectivity index is 1.64. The van der Waals surface area contributed by atoms with Crippen LogP contribution in [0.15, 0.2) is 18.2 Å². The van der Waals surface area contributed by atoms with E-state index in [-0.39, 0.29) is 0 Å². The molecular weight excluding hydrogens is 234 g/mol. The zero-order chi connectivity index (χ0) is 13.2. The van der Waals surface area contributed by atoms with Gasteiger partial charge >= 0.3 is 0 Å². The molecule has 3 nitrogen and oxygen atoms in total. The second-order valence-corrected chi connectivity index (χ2v) is 6.14. The van der Waals surface area contributed by atoms with Crippen LogP contribution in [0.5, 0.6) is 0 Å². The molecule has 3 rings (SSSR count). The van der Waals surface area contributed by atoms with Crippen LogP contribution in [0, 0.1) is 0 Å². The molecule has 1 N–H and O–H groups in total. The second kappa shape index (κ2) is 5.51. The summed E-state index contributed by atoms with van der Waals surface area (Å²) in [5.41, 5.74) is 4.29. The van der Waals surface area contributed by atoms with Crippen LogP contribution in [0.4, 0.5) is 5.69 Å². The summed E-state index contributed by atoms with van der Waals surface area (Å²) in [5, 5.41) is 3.43. The van der Waals surface area contributed by atoms with Crippen LogP contribution >= 0.6 is 0 Å². The van der Waals surface area contributed by atoms with E-state index in [0.29, 0.717) is 6.04 Å². The number of anilines is 1. The summed E-state index contributed by atoms with van der Waals surface area (Å²) in [7, 11) is 4.51. The van der Waals surface area contributed by atoms with Crippen molar-refractivity contribution in [3.05, 3.63) is 29.3 Å². The van der Waals surface area contributed by atoms with Gasteiger partial charge in [0.15, 0.2) is 0 Å². The Morgan fingerprint density at radius 2 is 2.32 bits per heavy atom. The van der Waals surface area contributed by atoms with E-state index in [1.807, 2.05) is 0 Å². The van der Waals surface area contributed by atoms with Crippen LogP contribution in [-0.2, 0) is 13.0 Å². The first-order valence-corrected chi connectivity index (χ1v) is 7.47. The molecule has 0 radical (unpaired) electrons. The molecule has 2 aliphatic rings. The Morgan fingerprint density at radius 3 is 3.16 bits per heavy atom. The van der Waals surface area contributed by atoms with Crippen LogP contribution in [0.25, 0.3) is 0 Å². The van der Waals surface area contributed by atoms with Gasteiger partial charge in [-0.25, -0.2) is 0 Å². The fraction of sp³-hybridized carbons (Fsp3) is 0.625. The smallest absolute Gasteiger partial charge is 0.0373 e. The molecule has 2 heterocycles. The Hall–Kier alpha value is -1.06. The van der Waals surface area contributed by atoms with Gasteiger partial charge in [0.05, 0.1) is 0 Å². The monoisotopic (exact) mass is 259 g/mol. The van der Waals surface area contributed by atoms with E-state index in [1.165, 1.54) is 49.2 Å². The van der Waals surface area contributed by atoms with Crippen molar-refractivity contribution < 1.29 is 0 Å². The van der Waals surface area contributed by atoms with Crippen molar-refractivity contribution in [2.45, 2.75) is 31.8 Å². The van der Waals surface area contributed by atoms with E-state index in [0.717, 1.165) is 13.1 Å². The number of likely N-dealkylation sites (N-methyl/N-ethyl adjacent to an activating group) is 2. The average molecular weight is 259 g/mol. The molecule has 0 bridgehead atoms. The van der Waals surface area contributed by atoms with Crippen molar-refractivity contribution in [2.24, 2.45) is 0 Å². The fourth-order valence-corrected chi connectivity index (χ4v) is 3.37. The van der Waals surface area contributed by atoms with Crippen LogP contribution in [0.3, 0.4) is 0 Å². The summed E-state index contributed by atoms with van der Waals surface area (Å²) < 4.78 is 0. The molecule has 19 heavy (non-hydrogen) atoms. The third-order valence-corrected chi connectivity index (χ3v) is 4.53. The lowest BCUT2D eigenvalue weighted by atomic mass is 10.0. The molecule has 3 heteroatoms. The van der Waals surface area contributed by atoms with Crippen molar-refractivity contribution in [3.63, 3.8) is 0 Å². The van der Waals surface area contributed by atoms with E-state index in [1.54, 1.807) is 0 Å². The average Bonchev–Trinajstić information content (AvgIpc) is 2.86. The predicted molar refractivity (Wildman–Crippen MR) is 80.6 cm³/mol. The maximum absolute atomic E-state index is 3.43. The van der Waals surface area contributed by atoms with Crippen molar-refractivity contribution in [1.82, 2.24) is 9.80 Å². The Morgan fingerprint density at radius 1 is 1.42 bits per heavy atom. The quantitative estimate of drug-likeness (QED) is 0.897. The van der Waals surface area contributed by atoms with E-state index >= 15 is 0 Å². The molecule has 0 spiro atoms. The normalized spacial score (nSPS) is 23.4. The summed E-state index contributed by atoms with van der Waals surface area (Å²) in [4.78, 5) is 4.98. The number of piperidine rings is 1. The van der Waals surface area contributed by atoms with Gasteiger partial charge < -0.3 is 10.2 Å². The molecule has 0 saturated carbocycles. The highest BCUT2D eigenvalue weighted by Crippen LogP contribution is 2.24. The van der Waals surface area contributed by atoms with Crippen molar-refractivity contribution in [1.29, 1.82) is 0 Å². The number of nitrogens with one attached hydrogen (secondary N) is 1. The highest BCUT2D eigenvalue weighted by Gasteiger charge is 2.21. The zero-order valence-electron chi connectivity index (χ0n) is 12.2. The Bertz CT molecular complexity index is 444. The van der Waals surface area contributed by atoms with Crippen LogP contribution in [0.1, 0.15) is 24.0 Å². The molecule has 1 fully saturated rings. The molecule has 1 aromatic rings. The Kier molecular flexibility index (Phi) is 3.76. The van der Waals surface area contributed by atoms with Crippen molar-refractivity contribution in [2.75, 3.05) is 39.0 Å². The SMILES string of the molecule is CN1CCCC(N(C)Cc2ccc3c(c2)CCN3)C1. The molecule has 1 saturated heterocycles. The molecule has 0 aromatic heterocycles. The van der Waals surface area contributed by atoms with E-state index in [2.05, 4.69) is 47.4 Å². The van der Waals surface area contributed by atoms with Gasteiger partial charge in [-0.15, -0.1) is 0 Å². The lowest BCUT2D eigenvalue weighted by molar-refractivity contribution is 0.129. The summed E-state index contributed by atoms with van der Waals surface area (Å²) in [6, 6.07) is 7.63. The predicted octanol–water partition coefficient (Wildman–Crippen LogP) is 2.18. The topological polar surface area (TPSA) is 18.5 Å². The summed E-state index contributed by atoms with van der Waals surface area (Å²) >= 11 is 0. The minimum absolute atomic E-state index is 0.713. The molecular formula is C16H25N3. The summed E-state index contributed by atoms with van der Waals surface area (Å²) in [5.74, 6) is 0. The molecule has 0 aliphatic carbocycles. The number of rotatable bonds is 3. The number of nitrogens with zero attached hydrogens (tertiary/aromatic N) is 2. The van der Waals surface area contributed by atoms with E-state index in [4.69, 9.17) is 0 Å². The molecule has 2 aliphatic heterocycles. The zero-order valence-corrected chi connectivity index (χ0v) is 12.2.